The second-order valence-corrected chi connectivity index (χ2v) is 19.7. The lowest BCUT2D eigenvalue weighted by Gasteiger charge is -2.62. The van der Waals surface area contributed by atoms with E-state index in [1.807, 2.05) is 13.8 Å². The molecular formula is C34H52O7Si. The minimum Gasteiger partial charge on any atom is -0.484 e. The van der Waals surface area contributed by atoms with E-state index in [-0.39, 0.29) is 23.5 Å². The number of carbonyl (C=O) groups excluding carboxylic acids is 2. The lowest BCUT2D eigenvalue weighted by atomic mass is 9.44. The molecule has 0 saturated heterocycles. The number of aliphatic hydroxyl groups is 1. The lowest BCUT2D eigenvalue weighted by molar-refractivity contribution is -0.185. The van der Waals surface area contributed by atoms with Crippen LogP contribution >= 0.6 is 0 Å². The molecule has 3 fully saturated rings. The summed E-state index contributed by atoms with van der Waals surface area (Å²) in [6.45, 7) is 22.2. The SMILES string of the molecule is C=C(C)C[C@@H](O)C1=C(C)[C@@]2(O[Si](C)(C)C)[C@H](C=C3[C@@H]4CC[C@H]5C[C@@H](OC(C)=O)CC[C@]5(C)[C@H]4C[C@@H](OC(C)=O)[C@@]32C)O1. The Morgan fingerprint density at radius 2 is 1.76 bits per heavy atom. The van der Waals surface area contributed by atoms with E-state index in [0.717, 1.165) is 49.7 Å². The first-order valence-corrected chi connectivity index (χ1v) is 19.3. The monoisotopic (exact) mass is 600 g/mol. The van der Waals surface area contributed by atoms with Crippen LogP contribution in [-0.4, -0.2) is 55.4 Å². The van der Waals surface area contributed by atoms with Crippen molar-refractivity contribution >= 4 is 20.3 Å². The topological polar surface area (TPSA) is 91.3 Å². The highest BCUT2D eigenvalue weighted by Gasteiger charge is 2.74. The summed E-state index contributed by atoms with van der Waals surface area (Å²) in [5, 5.41) is 11.3. The van der Waals surface area contributed by atoms with Gasteiger partial charge in [-0.15, -0.1) is 6.58 Å². The summed E-state index contributed by atoms with van der Waals surface area (Å²) < 4.78 is 26.0. The molecule has 1 aliphatic heterocycles. The number of fused-ring (bicyclic) bond motifs is 7. The fraction of sp³-hybridized carbons (Fsp3) is 0.765. The van der Waals surface area contributed by atoms with Crippen LogP contribution in [0.15, 0.2) is 35.1 Å². The molecule has 3 saturated carbocycles. The van der Waals surface area contributed by atoms with Gasteiger partial charge in [-0.05, 0) is 108 Å². The summed E-state index contributed by atoms with van der Waals surface area (Å²) in [5.74, 6) is 1.19. The molecule has 0 aromatic heterocycles. The molecule has 0 unspecified atom stereocenters. The number of ether oxygens (including phenoxy) is 3. The molecular weight excluding hydrogens is 548 g/mol. The van der Waals surface area contributed by atoms with Crippen LogP contribution in [0.1, 0.15) is 86.5 Å². The molecule has 0 aromatic rings. The summed E-state index contributed by atoms with van der Waals surface area (Å²) >= 11 is 0. The predicted molar refractivity (Wildman–Crippen MR) is 164 cm³/mol. The highest BCUT2D eigenvalue weighted by atomic mass is 28.4. The first-order valence-electron chi connectivity index (χ1n) is 15.9. The third kappa shape index (κ3) is 4.84. The number of esters is 2. The lowest BCUT2D eigenvalue weighted by Crippen LogP contribution is -2.65. The molecule has 0 bridgehead atoms. The van der Waals surface area contributed by atoms with Crippen LogP contribution < -0.4 is 0 Å². The molecule has 1 heterocycles. The van der Waals surface area contributed by atoms with Gasteiger partial charge in [-0.3, -0.25) is 9.59 Å². The Labute approximate surface area is 253 Å². The minimum absolute atomic E-state index is 0.0149. The fourth-order valence-corrected chi connectivity index (χ4v) is 11.3. The summed E-state index contributed by atoms with van der Waals surface area (Å²) in [6.07, 6.45) is 6.69. The minimum atomic E-state index is -2.18. The van der Waals surface area contributed by atoms with Gasteiger partial charge >= 0.3 is 11.9 Å². The van der Waals surface area contributed by atoms with Crippen LogP contribution in [0.3, 0.4) is 0 Å². The summed E-state index contributed by atoms with van der Waals surface area (Å²) in [6, 6.07) is 0. The standard InChI is InChI=1S/C34H52O7Si/c1-19(2)15-28(37)31-20(3)34(41-42(8,9)10)30(40-31)18-27-25-12-11-23-16-24(38-21(4)35)13-14-32(23,6)26(25)17-29(33(27,34)7)39-22(5)36/h18,23-26,28-30,37H,1,11-17H2,2-10H3/t23-,24-,25+,26-,28+,29+,30-,32-,33+,34+/m0/s1. The van der Waals surface area contributed by atoms with Gasteiger partial charge in [0.25, 0.3) is 0 Å². The molecule has 0 amide bonds. The summed E-state index contributed by atoms with van der Waals surface area (Å²) in [7, 11) is -2.18. The smallest absolute Gasteiger partial charge is 0.302 e. The van der Waals surface area contributed by atoms with E-state index >= 15 is 0 Å². The normalized spacial score (nSPS) is 41.4. The quantitative estimate of drug-likeness (QED) is 0.199. The highest BCUT2D eigenvalue weighted by Crippen LogP contribution is 2.71. The number of carbonyl (C=O) groups is 2. The maximum atomic E-state index is 12.8. The largest absolute Gasteiger partial charge is 0.484 e. The number of aliphatic hydroxyl groups excluding tert-OH is 1. The Kier molecular flexibility index (Phi) is 7.97. The van der Waals surface area contributed by atoms with Crippen molar-refractivity contribution in [2.24, 2.45) is 28.6 Å². The fourth-order valence-electron chi connectivity index (χ4n) is 9.84. The van der Waals surface area contributed by atoms with Crippen molar-refractivity contribution in [2.75, 3.05) is 0 Å². The van der Waals surface area contributed by atoms with E-state index in [1.54, 1.807) is 0 Å². The third-order valence-corrected chi connectivity index (χ3v) is 12.3. The van der Waals surface area contributed by atoms with E-state index in [9.17, 15) is 14.7 Å². The molecule has 0 spiro atoms. The number of rotatable bonds is 7. The van der Waals surface area contributed by atoms with Crippen LogP contribution in [0.4, 0.5) is 0 Å². The van der Waals surface area contributed by atoms with Gasteiger partial charge in [0.05, 0.1) is 5.41 Å². The molecule has 5 aliphatic rings. The van der Waals surface area contributed by atoms with Crippen molar-refractivity contribution in [1.29, 1.82) is 0 Å². The Hall–Kier alpha value is -1.90. The number of hydrogen-bond donors (Lipinski definition) is 1. The molecule has 0 aromatic carbocycles. The molecule has 4 aliphatic carbocycles. The molecule has 7 nitrogen and oxygen atoms in total. The van der Waals surface area contributed by atoms with Crippen LogP contribution in [0.5, 0.6) is 0 Å². The van der Waals surface area contributed by atoms with Gasteiger partial charge in [0.2, 0.25) is 0 Å². The van der Waals surface area contributed by atoms with Crippen molar-refractivity contribution < 1.29 is 33.3 Å². The molecule has 10 atom stereocenters. The van der Waals surface area contributed by atoms with Gasteiger partial charge in [0.1, 0.15) is 35.8 Å². The van der Waals surface area contributed by atoms with Crippen LogP contribution in [0.25, 0.3) is 0 Å². The summed E-state index contributed by atoms with van der Waals surface area (Å²) in [5.41, 5.74) is 1.64. The van der Waals surface area contributed by atoms with E-state index in [2.05, 4.69) is 46.1 Å². The second-order valence-electron chi connectivity index (χ2n) is 15.3. The van der Waals surface area contributed by atoms with E-state index in [4.69, 9.17) is 18.6 Å². The van der Waals surface area contributed by atoms with Crippen molar-refractivity contribution in [3.8, 4) is 0 Å². The maximum Gasteiger partial charge on any atom is 0.302 e. The van der Waals surface area contributed by atoms with E-state index < -0.39 is 37.6 Å². The third-order valence-electron chi connectivity index (χ3n) is 11.4. The zero-order chi connectivity index (χ0) is 31.0. The maximum absolute atomic E-state index is 12.8. The molecule has 1 N–H and O–H groups in total. The zero-order valence-corrected chi connectivity index (χ0v) is 28.2. The van der Waals surface area contributed by atoms with Crippen molar-refractivity contribution in [2.45, 2.75) is 136 Å². The van der Waals surface area contributed by atoms with Gasteiger partial charge in [-0.2, -0.15) is 0 Å². The first-order chi connectivity index (χ1) is 19.4. The predicted octanol–water partition coefficient (Wildman–Crippen LogP) is 6.62. The Morgan fingerprint density at radius 1 is 1.10 bits per heavy atom. The zero-order valence-electron chi connectivity index (χ0n) is 27.2. The van der Waals surface area contributed by atoms with E-state index in [1.165, 1.54) is 19.4 Å². The van der Waals surface area contributed by atoms with Gasteiger partial charge in [0.15, 0.2) is 8.32 Å². The second kappa shape index (κ2) is 10.6. The number of hydrogen-bond acceptors (Lipinski definition) is 7. The Morgan fingerprint density at radius 3 is 2.36 bits per heavy atom. The average molecular weight is 601 g/mol. The average Bonchev–Trinajstić information content (AvgIpc) is 3.26. The Bertz CT molecular complexity index is 1210. The molecule has 42 heavy (non-hydrogen) atoms. The van der Waals surface area contributed by atoms with Crippen molar-refractivity contribution in [1.82, 2.24) is 0 Å². The molecule has 234 valence electrons. The Balaban J connectivity index is 1.60. The van der Waals surface area contributed by atoms with Gasteiger partial charge in [0, 0.05) is 25.8 Å². The van der Waals surface area contributed by atoms with Gasteiger partial charge < -0.3 is 23.7 Å². The molecule has 5 rings (SSSR count). The highest BCUT2D eigenvalue weighted by molar-refractivity contribution is 6.69. The van der Waals surface area contributed by atoms with Crippen LogP contribution in [0.2, 0.25) is 19.6 Å². The summed E-state index contributed by atoms with van der Waals surface area (Å²) in [4.78, 5) is 24.5. The van der Waals surface area contributed by atoms with Crippen LogP contribution in [-0.2, 0) is 28.2 Å². The van der Waals surface area contributed by atoms with Crippen LogP contribution in [0, 0.1) is 28.6 Å². The first kappa shape index (κ1) is 31.5. The molecule has 8 heteroatoms. The van der Waals surface area contributed by atoms with Gasteiger partial charge in [-0.25, -0.2) is 0 Å². The molecule has 0 radical (unpaired) electrons. The van der Waals surface area contributed by atoms with E-state index in [0.29, 0.717) is 29.9 Å². The van der Waals surface area contributed by atoms with Crippen molar-refractivity contribution in [3.63, 3.8) is 0 Å². The van der Waals surface area contributed by atoms with Gasteiger partial charge in [-0.1, -0.05) is 18.1 Å². The van der Waals surface area contributed by atoms with Crippen molar-refractivity contribution in [3.05, 3.63) is 35.1 Å².